The number of nitrogens with zero attached hydrogens (tertiary/aromatic N) is 2. The number of rotatable bonds is 7. The third-order valence-corrected chi connectivity index (χ3v) is 4.58. The largest absolute Gasteiger partial charge is 0.465 e. The summed E-state index contributed by atoms with van der Waals surface area (Å²) in [6.07, 6.45) is 0.706. The number of hydrogen-bond acceptors (Lipinski definition) is 5. The second-order valence-corrected chi connectivity index (χ2v) is 6.87. The Balaban J connectivity index is 1.56. The zero-order chi connectivity index (χ0) is 21.5. The van der Waals surface area contributed by atoms with Gasteiger partial charge in [-0.05, 0) is 43.7 Å². The fourth-order valence-electron chi connectivity index (χ4n) is 2.91. The standard InChI is InChI=1S/C23H23N3O4/c1-16-5-7-17(8-6-16)20-13-14-22(28)26(25-20)15-3-4-21(27)24-19-11-9-18(10-12-19)23(29)30-2/h5-14H,3-4,15H2,1-2H3,(H,24,27). The van der Waals surface area contributed by atoms with Gasteiger partial charge in [0.15, 0.2) is 0 Å². The van der Waals surface area contributed by atoms with Gasteiger partial charge < -0.3 is 10.1 Å². The quantitative estimate of drug-likeness (QED) is 0.608. The Labute approximate surface area is 174 Å². The highest BCUT2D eigenvalue weighted by atomic mass is 16.5. The summed E-state index contributed by atoms with van der Waals surface area (Å²) in [5.74, 6) is -0.609. The minimum absolute atomic E-state index is 0.177. The first-order valence-corrected chi connectivity index (χ1v) is 9.60. The number of amides is 1. The molecule has 30 heavy (non-hydrogen) atoms. The predicted molar refractivity (Wildman–Crippen MR) is 114 cm³/mol. The van der Waals surface area contributed by atoms with Crippen molar-refractivity contribution in [3.8, 4) is 11.3 Å². The summed E-state index contributed by atoms with van der Waals surface area (Å²) in [7, 11) is 1.31. The Morgan fingerprint density at radius 1 is 1.00 bits per heavy atom. The van der Waals surface area contributed by atoms with E-state index in [0.29, 0.717) is 29.9 Å². The van der Waals surface area contributed by atoms with Gasteiger partial charge in [0.25, 0.3) is 5.56 Å². The van der Waals surface area contributed by atoms with Gasteiger partial charge in [-0.3, -0.25) is 9.59 Å². The number of anilines is 1. The summed E-state index contributed by atoms with van der Waals surface area (Å²) < 4.78 is 6.03. The molecule has 7 heteroatoms. The highest BCUT2D eigenvalue weighted by molar-refractivity contribution is 5.93. The molecule has 0 atom stereocenters. The molecule has 0 fully saturated rings. The van der Waals surface area contributed by atoms with Crippen LogP contribution in [0.4, 0.5) is 5.69 Å². The highest BCUT2D eigenvalue weighted by Gasteiger charge is 2.08. The molecular weight excluding hydrogens is 382 g/mol. The van der Waals surface area contributed by atoms with E-state index >= 15 is 0 Å². The fraction of sp³-hybridized carbons (Fsp3) is 0.217. The molecule has 0 aliphatic rings. The average Bonchev–Trinajstić information content (AvgIpc) is 2.75. The monoisotopic (exact) mass is 405 g/mol. The molecule has 1 amide bonds. The van der Waals surface area contributed by atoms with Crippen molar-refractivity contribution in [3.05, 3.63) is 82.1 Å². The number of nitrogens with one attached hydrogen (secondary N) is 1. The minimum atomic E-state index is -0.432. The smallest absolute Gasteiger partial charge is 0.337 e. The summed E-state index contributed by atoms with van der Waals surface area (Å²) in [6.45, 7) is 2.35. The second kappa shape index (κ2) is 9.65. The van der Waals surface area contributed by atoms with Gasteiger partial charge in [0.2, 0.25) is 5.91 Å². The molecule has 0 unspecified atom stereocenters. The van der Waals surface area contributed by atoms with Crippen molar-refractivity contribution in [2.45, 2.75) is 26.3 Å². The van der Waals surface area contributed by atoms with Crippen LogP contribution in [0.1, 0.15) is 28.8 Å². The van der Waals surface area contributed by atoms with Gasteiger partial charge in [-0.25, -0.2) is 9.48 Å². The minimum Gasteiger partial charge on any atom is -0.465 e. The number of methoxy groups -OCH3 is 1. The van der Waals surface area contributed by atoms with Crippen LogP contribution >= 0.6 is 0 Å². The van der Waals surface area contributed by atoms with E-state index in [-0.39, 0.29) is 17.9 Å². The number of hydrogen-bond donors (Lipinski definition) is 1. The van der Waals surface area contributed by atoms with E-state index in [1.54, 1.807) is 30.3 Å². The van der Waals surface area contributed by atoms with Crippen molar-refractivity contribution in [3.63, 3.8) is 0 Å². The van der Waals surface area contributed by atoms with Crippen molar-refractivity contribution in [2.24, 2.45) is 0 Å². The molecule has 0 spiro atoms. The number of ether oxygens (including phenoxy) is 1. The molecule has 1 heterocycles. The second-order valence-electron chi connectivity index (χ2n) is 6.87. The lowest BCUT2D eigenvalue weighted by atomic mass is 10.1. The van der Waals surface area contributed by atoms with Crippen molar-refractivity contribution < 1.29 is 14.3 Å². The number of carbonyl (C=O) groups is 2. The van der Waals surface area contributed by atoms with Gasteiger partial charge in [0.05, 0.1) is 18.4 Å². The molecule has 0 saturated heterocycles. The zero-order valence-corrected chi connectivity index (χ0v) is 16.9. The van der Waals surface area contributed by atoms with Crippen LogP contribution < -0.4 is 10.9 Å². The van der Waals surface area contributed by atoms with Gasteiger partial charge in [-0.15, -0.1) is 0 Å². The molecule has 3 aromatic rings. The van der Waals surface area contributed by atoms with E-state index in [2.05, 4.69) is 15.2 Å². The molecule has 154 valence electrons. The molecule has 0 saturated carbocycles. The molecule has 2 aromatic carbocycles. The van der Waals surface area contributed by atoms with E-state index in [4.69, 9.17) is 0 Å². The van der Waals surface area contributed by atoms with Gasteiger partial charge >= 0.3 is 5.97 Å². The molecular formula is C23H23N3O4. The Morgan fingerprint density at radius 2 is 1.70 bits per heavy atom. The van der Waals surface area contributed by atoms with Crippen molar-refractivity contribution >= 4 is 17.6 Å². The molecule has 0 bridgehead atoms. The van der Waals surface area contributed by atoms with Crippen LogP contribution in [0.5, 0.6) is 0 Å². The van der Waals surface area contributed by atoms with Crippen LogP contribution in [0.2, 0.25) is 0 Å². The number of aromatic nitrogens is 2. The van der Waals surface area contributed by atoms with E-state index in [1.165, 1.54) is 17.9 Å². The van der Waals surface area contributed by atoms with Crippen LogP contribution in [-0.2, 0) is 16.1 Å². The zero-order valence-electron chi connectivity index (χ0n) is 16.9. The van der Waals surface area contributed by atoms with Crippen molar-refractivity contribution in [2.75, 3.05) is 12.4 Å². The topological polar surface area (TPSA) is 90.3 Å². The Morgan fingerprint density at radius 3 is 2.37 bits per heavy atom. The summed E-state index contributed by atoms with van der Waals surface area (Å²) in [6, 6.07) is 17.6. The van der Waals surface area contributed by atoms with Crippen LogP contribution in [0.3, 0.4) is 0 Å². The lowest BCUT2D eigenvalue weighted by Crippen LogP contribution is -2.23. The number of carbonyl (C=O) groups excluding carboxylic acids is 2. The van der Waals surface area contributed by atoms with Crippen LogP contribution in [0, 0.1) is 6.92 Å². The Bertz CT molecular complexity index is 1090. The molecule has 1 aromatic heterocycles. The lowest BCUT2D eigenvalue weighted by Gasteiger charge is -2.08. The molecule has 0 radical (unpaired) electrons. The average molecular weight is 405 g/mol. The van der Waals surface area contributed by atoms with Crippen LogP contribution in [0.25, 0.3) is 11.3 Å². The van der Waals surface area contributed by atoms with Gasteiger partial charge in [0, 0.05) is 30.3 Å². The number of esters is 1. The van der Waals surface area contributed by atoms with E-state index in [1.807, 2.05) is 31.2 Å². The predicted octanol–water partition coefficient (Wildman–Crippen LogP) is 3.42. The summed E-state index contributed by atoms with van der Waals surface area (Å²) >= 11 is 0. The first-order valence-electron chi connectivity index (χ1n) is 9.60. The molecule has 3 rings (SSSR count). The Hall–Kier alpha value is -3.74. The number of benzene rings is 2. The third kappa shape index (κ3) is 5.41. The summed E-state index contributed by atoms with van der Waals surface area (Å²) in [4.78, 5) is 35.7. The summed E-state index contributed by atoms with van der Waals surface area (Å²) in [5, 5.41) is 7.19. The van der Waals surface area contributed by atoms with Gasteiger partial charge in [-0.2, -0.15) is 5.10 Å². The first-order chi connectivity index (χ1) is 14.5. The summed E-state index contributed by atoms with van der Waals surface area (Å²) in [5.41, 5.74) is 3.59. The van der Waals surface area contributed by atoms with Gasteiger partial charge in [-0.1, -0.05) is 29.8 Å². The molecule has 7 nitrogen and oxygen atoms in total. The van der Waals surface area contributed by atoms with Crippen LogP contribution in [-0.4, -0.2) is 28.8 Å². The van der Waals surface area contributed by atoms with E-state index in [0.717, 1.165) is 11.1 Å². The van der Waals surface area contributed by atoms with Crippen LogP contribution in [0.15, 0.2) is 65.5 Å². The maximum absolute atomic E-state index is 12.2. The van der Waals surface area contributed by atoms with E-state index in [9.17, 15) is 14.4 Å². The van der Waals surface area contributed by atoms with Crippen molar-refractivity contribution in [1.82, 2.24) is 9.78 Å². The lowest BCUT2D eigenvalue weighted by molar-refractivity contribution is -0.116. The maximum atomic E-state index is 12.2. The third-order valence-electron chi connectivity index (χ3n) is 4.58. The first kappa shape index (κ1) is 21.0. The van der Waals surface area contributed by atoms with Crippen molar-refractivity contribution in [1.29, 1.82) is 0 Å². The van der Waals surface area contributed by atoms with Gasteiger partial charge in [0.1, 0.15) is 0 Å². The SMILES string of the molecule is COC(=O)c1ccc(NC(=O)CCCn2nc(-c3ccc(C)cc3)ccc2=O)cc1. The Kier molecular flexibility index (Phi) is 6.75. The normalized spacial score (nSPS) is 10.5. The fourth-order valence-corrected chi connectivity index (χ4v) is 2.91. The number of aryl methyl sites for hydroxylation is 2. The maximum Gasteiger partial charge on any atom is 0.337 e. The molecule has 0 aliphatic carbocycles. The molecule has 1 N–H and O–H groups in total. The highest BCUT2D eigenvalue weighted by Crippen LogP contribution is 2.16. The van der Waals surface area contributed by atoms with E-state index < -0.39 is 5.97 Å². The molecule has 0 aliphatic heterocycles.